The molecule has 9 heteroatoms. The zero-order valence-electron chi connectivity index (χ0n) is 16.3. The number of carbonyl (C=O) groups is 2. The average molecular weight is 413 g/mol. The average Bonchev–Trinajstić information content (AvgIpc) is 3.26. The SMILES string of the molecule is O=C(c1cnccn1)N1CCC2(CC1)CN1CC[C@@H](c3cc(F)cc(F)c3)N1C2=O. The minimum atomic E-state index is -0.638. The van der Waals surface area contributed by atoms with Crippen LogP contribution in [-0.2, 0) is 4.79 Å². The van der Waals surface area contributed by atoms with E-state index in [9.17, 15) is 18.4 Å². The second-order valence-corrected chi connectivity index (χ2v) is 8.21. The Morgan fingerprint density at radius 3 is 2.47 bits per heavy atom. The van der Waals surface area contributed by atoms with Gasteiger partial charge in [0.25, 0.3) is 5.91 Å². The number of halogens is 2. The first-order valence-electron chi connectivity index (χ1n) is 10.1. The van der Waals surface area contributed by atoms with E-state index in [1.54, 1.807) is 9.91 Å². The number of hydrogen-bond acceptors (Lipinski definition) is 5. The Hall–Kier alpha value is -2.94. The Bertz CT molecular complexity index is 974. The van der Waals surface area contributed by atoms with Gasteiger partial charge in [0.05, 0.1) is 17.7 Å². The molecule has 5 rings (SSSR count). The third kappa shape index (κ3) is 3.04. The molecule has 3 fully saturated rings. The highest BCUT2D eigenvalue weighted by Crippen LogP contribution is 2.47. The van der Waals surface area contributed by atoms with Gasteiger partial charge < -0.3 is 4.90 Å². The zero-order chi connectivity index (χ0) is 20.9. The first-order valence-corrected chi connectivity index (χ1v) is 10.1. The van der Waals surface area contributed by atoms with Gasteiger partial charge in [0.15, 0.2) is 0 Å². The quantitative estimate of drug-likeness (QED) is 0.755. The van der Waals surface area contributed by atoms with Crippen LogP contribution in [0.4, 0.5) is 8.78 Å². The molecule has 1 aromatic carbocycles. The number of hydrazine groups is 1. The second kappa shape index (κ2) is 7.09. The van der Waals surface area contributed by atoms with E-state index in [0.29, 0.717) is 56.7 Å². The van der Waals surface area contributed by atoms with E-state index in [1.165, 1.54) is 30.7 Å². The van der Waals surface area contributed by atoms with Crippen molar-refractivity contribution in [3.63, 3.8) is 0 Å². The first-order chi connectivity index (χ1) is 14.5. The summed E-state index contributed by atoms with van der Waals surface area (Å²) in [7, 11) is 0. The van der Waals surface area contributed by atoms with Crippen molar-refractivity contribution in [2.75, 3.05) is 26.2 Å². The molecule has 1 spiro atoms. The molecule has 0 aliphatic carbocycles. The molecule has 0 N–H and O–H groups in total. The highest BCUT2D eigenvalue weighted by atomic mass is 19.1. The van der Waals surface area contributed by atoms with E-state index in [1.807, 2.05) is 5.01 Å². The number of benzene rings is 1. The van der Waals surface area contributed by atoms with E-state index in [0.717, 1.165) is 6.07 Å². The molecule has 2 amide bonds. The molecule has 0 unspecified atom stereocenters. The number of piperidine rings is 1. The van der Waals surface area contributed by atoms with E-state index in [-0.39, 0.29) is 17.9 Å². The van der Waals surface area contributed by atoms with Crippen molar-refractivity contribution in [3.8, 4) is 0 Å². The molecule has 3 aliphatic heterocycles. The molecule has 0 bridgehead atoms. The standard InChI is InChI=1S/C21H21F2N5O2/c22-15-9-14(10-16(23)11-15)18-1-6-27-13-21(20(30)28(18)27)2-7-26(8-3-21)19(29)17-12-24-4-5-25-17/h4-5,9-12,18H,1-3,6-8,13H2/t18-/m0/s1. The van der Waals surface area contributed by atoms with Gasteiger partial charge in [0.1, 0.15) is 17.3 Å². The number of fused-ring (bicyclic) bond motifs is 1. The Balaban J connectivity index is 1.32. The summed E-state index contributed by atoms with van der Waals surface area (Å²) in [5.41, 5.74) is 0.211. The van der Waals surface area contributed by atoms with Crippen LogP contribution in [0.3, 0.4) is 0 Å². The van der Waals surface area contributed by atoms with Gasteiger partial charge >= 0.3 is 0 Å². The fraction of sp³-hybridized carbons (Fsp3) is 0.429. The van der Waals surface area contributed by atoms with Crippen molar-refractivity contribution in [2.45, 2.75) is 25.3 Å². The van der Waals surface area contributed by atoms with Gasteiger partial charge in [0.2, 0.25) is 5.91 Å². The fourth-order valence-electron chi connectivity index (χ4n) is 4.94. The van der Waals surface area contributed by atoms with Gasteiger partial charge in [-0.2, -0.15) is 0 Å². The largest absolute Gasteiger partial charge is 0.337 e. The van der Waals surface area contributed by atoms with Crippen LogP contribution in [0.15, 0.2) is 36.8 Å². The molecular formula is C21H21F2N5O2. The van der Waals surface area contributed by atoms with Crippen LogP contribution in [0, 0.1) is 17.0 Å². The van der Waals surface area contributed by atoms with Crippen LogP contribution in [0.1, 0.15) is 41.4 Å². The minimum absolute atomic E-state index is 0.0127. The molecule has 4 heterocycles. The third-order valence-corrected chi connectivity index (χ3v) is 6.47. The summed E-state index contributed by atoms with van der Waals surface area (Å²) in [6.07, 6.45) is 6.18. The lowest BCUT2D eigenvalue weighted by Gasteiger charge is -2.37. The normalized spacial score (nSPS) is 23.3. The maximum atomic E-state index is 13.7. The number of likely N-dealkylation sites (tertiary alicyclic amines) is 1. The summed E-state index contributed by atoms with van der Waals surface area (Å²) in [6.45, 7) is 2.16. The summed E-state index contributed by atoms with van der Waals surface area (Å²) in [6, 6.07) is 3.09. The number of rotatable bonds is 2. The zero-order valence-corrected chi connectivity index (χ0v) is 16.3. The van der Waals surface area contributed by atoms with E-state index in [2.05, 4.69) is 9.97 Å². The predicted octanol–water partition coefficient (Wildman–Crippen LogP) is 2.18. The lowest BCUT2D eigenvalue weighted by molar-refractivity contribution is -0.144. The van der Waals surface area contributed by atoms with Crippen molar-refractivity contribution in [1.29, 1.82) is 0 Å². The van der Waals surface area contributed by atoms with Gasteiger partial charge in [-0.25, -0.2) is 18.8 Å². The van der Waals surface area contributed by atoms with E-state index >= 15 is 0 Å². The Kier molecular flexibility index (Phi) is 4.50. The van der Waals surface area contributed by atoms with Crippen molar-refractivity contribution >= 4 is 11.8 Å². The summed E-state index contributed by atoms with van der Waals surface area (Å²) < 4.78 is 27.5. The number of amides is 2. The van der Waals surface area contributed by atoms with Crippen molar-refractivity contribution in [2.24, 2.45) is 5.41 Å². The smallest absolute Gasteiger partial charge is 0.274 e. The number of hydrogen-bond donors (Lipinski definition) is 0. The second-order valence-electron chi connectivity index (χ2n) is 8.21. The minimum Gasteiger partial charge on any atom is -0.337 e. The van der Waals surface area contributed by atoms with Crippen LogP contribution >= 0.6 is 0 Å². The van der Waals surface area contributed by atoms with Crippen LogP contribution in [0.2, 0.25) is 0 Å². The molecular weight excluding hydrogens is 392 g/mol. The topological polar surface area (TPSA) is 69.6 Å². The molecule has 0 saturated carbocycles. The molecule has 2 aromatic rings. The summed E-state index contributed by atoms with van der Waals surface area (Å²) >= 11 is 0. The van der Waals surface area contributed by atoms with Gasteiger partial charge in [0, 0.05) is 44.6 Å². The lowest BCUT2D eigenvalue weighted by Crippen LogP contribution is -2.48. The van der Waals surface area contributed by atoms with Gasteiger partial charge in [-0.15, -0.1) is 0 Å². The van der Waals surface area contributed by atoms with Gasteiger partial charge in [-0.3, -0.25) is 19.6 Å². The number of nitrogens with zero attached hydrogens (tertiary/aromatic N) is 5. The Morgan fingerprint density at radius 1 is 1.07 bits per heavy atom. The van der Waals surface area contributed by atoms with Crippen LogP contribution in [0.5, 0.6) is 0 Å². The summed E-state index contributed by atoms with van der Waals surface area (Å²) in [4.78, 5) is 35.8. The van der Waals surface area contributed by atoms with Gasteiger partial charge in [-0.1, -0.05) is 0 Å². The van der Waals surface area contributed by atoms with Crippen LogP contribution < -0.4 is 0 Å². The monoisotopic (exact) mass is 413 g/mol. The van der Waals surface area contributed by atoms with Crippen molar-refractivity contribution in [1.82, 2.24) is 24.9 Å². The highest BCUT2D eigenvalue weighted by Gasteiger charge is 2.56. The molecule has 156 valence electrons. The highest BCUT2D eigenvalue weighted by molar-refractivity contribution is 5.92. The van der Waals surface area contributed by atoms with Gasteiger partial charge in [-0.05, 0) is 37.0 Å². The van der Waals surface area contributed by atoms with Crippen molar-refractivity contribution in [3.05, 3.63) is 59.7 Å². The molecule has 7 nitrogen and oxygen atoms in total. The third-order valence-electron chi connectivity index (χ3n) is 6.47. The van der Waals surface area contributed by atoms with E-state index < -0.39 is 17.0 Å². The summed E-state index contributed by atoms with van der Waals surface area (Å²) in [5.74, 6) is -1.47. The fourth-order valence-corrected chi connectivity index (χ4v) is 4.94. The predicted molar refractivity (Wildman–Crippen MR) is 102 cm³/mol. The molecule has 30 heavy (non-hydrogen) atoms. The Labute approximate surface area is 172 Å². The molecule has 3 saturated heterocycles. The molecule has 1 aromatic heterocycles. The van der Waals surface area contributed by atoms with Crippen LogP contribution in [0.25, 0.3) is 0 Å². The number of carbonyl (C=O) groups excluding carboxylic acids is 2. The van der Waals surface area contributed by atoms with Crippen molar-refractivity contribution < 1.29 is 18.4 Å². The van der Waals surface area contributed by atoms with E-state index in [4.69, 9.17) is 0 Å². The summed E-state index contributed by atoms with van der Waals surface area (Å²) in [5, 5.41) is 3.68. The first kappa shape index (κ1) is 19.0. The lowest BCUT2D eigenvalue weighted by atomic mass is 9.77. The molecule has 3 aliphatic rings. The maximum Gasteiger partial charge on any atom is 0.274 e. The van der Waals surface area contributed by atoms with Crippen LogP contribution in [-0.4, -0.2) is 62.9 Å². The number of aromatic nitrogens is 2. The molecule has 1 atom stereocenters. The maximum absolute atomic E-state index is 13.7. The Morgan fingerprint density at radius 2 is 1.80 bits per heavy atom. The molecule has 0 radical (unpaired) electrons.